The fourth-order valence-electron chi connectivity index (χ4n) is 1.90. The number of benzene rings is 1. The van der Waals surface area contributed by atoms with Crippen molar-refractivity contribution >= 4 is 16.8 Å². The zero-order chi connectivity index (χ0) is 14.2. The molecule has 5 heteroatoms. The van der Waals surface area contributed by atoms with E-state index in [1.54, 1.807) is 7.05 Å². The largest absolute Gasteiger partial charge is 0.356 e. The molecular formula is C15H23N3OS. The van der Waals surface area contributed by atoms with Crippen molar-refractivity contribution in [1.29, 1.82) is 0 Å². The van der Waals surface area contributed by atoms with Gasteiger partial charge >= 0.3 is 0 Å². The molecule has 1 fully saturated rings. The highest BCUT2D eigenvalue weighted by molar-refractivity contribution is 7.84. The molecule has 1 atom stereocenters. The lowest BCUT2D eigenvalue weighted by atomic mass is 10.2. The van der Waals surface area contributed by atoms with Crippen LogP contribution in [0.2, 0.25) is 0 Å². The van der Waals surface area contributed by atoms with Crippen LogP contribution < -0.4 is 10.6 Å². The first kappa shape index (κ1) is 15.0. The van der Waals surface area contributed by atoms with Gasteiger partial charge in [0.2, 0.25) is 0 Å². The molecule has 4 nitrogen and oxygen atoms in total. The minimum Gasteiger partial charge on any atom is -0.356 e. The smallest absolute Gasteiger partial charge is 0.191 e. The molecule has 0 saturated heterocycles. The Morgan fingerprint density at radius 1 is 1.30 bits per heavy atom. The second-order valence-corrected chi connectivity index (χ2v) is 6.67. The highest BCUT2D eigenvalue weighted by Crippen LogP contribution is 2.27. The molecule has 110 valence electrons. The molecule has 1 aliphatic carbocycles. The lowest BCUT2D eigenvalue weighted by molar-refractivity contribution is 0.680. The Balaban J connectivity index is 1.62. The summed E-state index contributed by atoms with van der Waals surface area (Å²) >= 11 is 0. The summed E-state index contributed by atoms with van der Waals surface area (Å²) in [6.07, 6.45) is 2.65. The molecule has 0 aromatic heterocycles. The third-order valence-corrected chi connectivity index (χ3v) is 4.59. The maximum atomic E-state index is 12.0. The predicted molar refractivity (Wildman–Crippen MR) is 85.2 cm³/mol. The highest BCUT2D eigenvalue weighted by Gasteiger charge is 2.20. The van der Waals surface area contributed by atoms with Gasteiger partial charge in [0.1, 0.15) is 0 Å². The first-order valence-corrected chi connectivity index (χ1v) is 8.60. The fraction of sp³-hybridized carbons (Fsp3) is 0.533. The number of nitrogens with zero attached hydrogens (tertiary/aromatic N) is 1. The van der Waals surface area contributed by atoms with Crippen molar-refractivity contribution in [2.24, 2.45) is 10.9 Å². The van der Waals surface area contributed by atoms with E-state index in [4.69, 9.17) is 0 Å². The van der Waals surface area contributed by atoms with Crippen LogP contribution in [0.4, 0.5) is 0 Å². The van der Waals surface area contributed by atoms with Crippen molar-refractivity contribution in [3.63, 3.8) is 0 Å². The molecule has 2 N–H and O–H groups in total. The van der Waals surface area contributed by atoms with Crippen LogP contribution in [0.15, 0.2) is 35.3 Å². The average molecular weight is 293 g/mol. The van der Waals surface area contributed by atoms with Crippen LogP contribution in [-0.2, 0) is 16.6 Å². The van der Waals surface area contributed by atoms with Gasteiger partial charge in [-0.05, 0) is 24.3 Å². The minimum absolute atomic E-state index is 0.622. The van der Waals surface area contributed by atoms with Gasteiger partial charge in [0.15, 0.2) is 5.96 Å². The molecule has 20 heavy (non-hydrogen) atoms. The van der Waals surface area contributed by atoms with Gasteiger partial charge in [-0.25, -0.2) is 0 Å². The number of nitrogens with one attached hydrogen (secondary N) is 2. The third-order valence-electron chi connectivity index (χ3n) is 3.27. The lowest BCUT2D eigenvalue weighted by Crippen LogP contribution is -2.40. The van der Waals surface area contributed by atoms with Gasteiger partial charge in [0.05, 0.1) is 0 Å². The van der Waals surface area contributed by atoms with Crippen LogP contribution in [0, 0.1) is 5.92 Å². The Morgan fingerprint density at radius 3 is 2.70 bits per heavy atom. The highest BCUT2D eigenvalue weighted by atomic mass is 32.2. The van der Waals surface area contributed by atoms with Crippen molar-refractivity contribution in [2.45, 2.75) is 18.6 Å². The molecule has 1 unspecified atom stereocenters. The molecule has 1 aromatic rings. The summed E-state index contributed by atoms with van der Waals surface area (Å²) in [5.41, 5.74) is 1.13. The summed E-state index contributed by atoms with van der Waals surface area (Å²) in [4.78, 5) is 4.16. The summed E-state index contributed by atoms with van der Waals surface area (Å²) in [7, 11) is 0.932. The minimum atomic E-state index is -0.835. The standard InChI is InChI=1S/C15H23N3OS/c1-16-15(18-11-13-7-8-13)17-9-10-20(19)12-14-5-3-2-4-6-14/h2-6,13H,7-12H2,1H3,(H2,16,17,18). The quantitative estimate of drug-likeness (QED) is 0.592. The topological polar surface area (TPSA) is 53.5 Å². The number of hydrogen-bond acceptors (Lipinski definition) is 2. The molecule has 0 amide bonds. The maximum absolute atomic E-state index is 12.0. The van der Waals surface area contributed by atoms with Crippen LogP contribution >= 0.6 is 0 Å². The van der Waals surface area contributed by atoms with Crippen molar-refractivity contribution in [2.75, 3.05) is 25.9 Å². The molecule has 2 rings (SSSR count). The summed E-state index contributed by atoms with van der Waals surface area (Å²) in [6, 6.07) is 9.97. The maximum Gasteiger partial charge on any atom is 0.191 e. The van der Waals surface area contributed by atoms with E-state index in [0.717, 1.165) is 24.0 Å². The van der Waals surface area contributed by atoms with Crippen LogP contribution in [0.5, 0.6) is 0 Å². The van der Waals surface area contributed by atoms with Crippen LogP contribution in [0.3, 0.4) is 0 Å². The average Bonchev–Trinajstić information content (AvgIpc) is 3.28. The SMILES string of the molecule is CN=C(NCCS(=O)Cc1ccccc1)NCC1CC1. The zero-order valence-electron chi connectivity index (χ0n) is 12.0. The van der Waals surface area contributed by atoms with Gasteiger partial charge in [-0.15, -0.1) is 0 Å². The summed E-state index contributed by atoms with van der Waals surface area (Å²) in [5.74, 6) is 2.89. The molecule has 1 aliphatic rings. The van der Waals surface area contributed by atoms with Gasteiger partial charge in [-0.1, -0.05) is 30.3 Å². The first-order chi connectivity index (χ1) is 9.78. The Hall–Kier alpha value is -1.36. The summed E-state index contributed by atoms with van der Waals surface area (Å²) < 4.78 is 12.0. The van der Waals surface area contributed by atoms with E-state index >= 15 is 0 Å². The number of rotatable bonds is 7. The number of guanidine groups is 1. The monoisotopic (exact) mass is 293 g/mol. The van der Waals surface area contributed by atoms with Gasteiger partial charge in [0, 0.05) is 42.4 Å². The number of aliphatic imine (C=N–C) groups is 1. The second kappa shape index (κ2) is 8.04. The Morgan fingerprint density at radius 2 is 2.05 bits per heavy atom. The molecule has 0 bridgehead atoms. The molecule has 0 aliphatic heterocycles. The summed E-state index contributed by atoms with van der Waals surface area (Å²) in [6.45, 7) is 1.68. The molecule has 0 heterocycles. The van der Waals surface area contributed by atoms with Crippen LogP contribution in [-0.4, -0.2) is 36.1 Å². The van der Waals surface area contributed by atoms with Gasteiger partial charge in [-0.2, -0.15) is 0 Å². The van der Waals surface area contributed by atoms with E-state index in [1.807, 2.05) is 30.3 Å². The van der Waals surface area contributed by atoms with Crippen LogP contribution in [0.25, 0.3) is 0 Å². The lowest BCUT2D eigenvalue weighted by Gasteiger charge is -2.11. The van der Waals surface area contributed by atoms with Crippen molar-refractivity contribution in [3.05, 3.63) is 35.9 Å². The molecular weight excluding hydrogens is 270 g/mol. The predicted octanol–water partition coefficient (Wildman–Crippen LogP) is 1.51. The van der Waals surface area contributed by atoms with E-state index in [0.29, 0.717) is 18.1 Å². The van der Waals surface area contributed by atoms with Crippen LogP contribution in [0.1, 0.15) is 18.4 Å². The van der Waals surface area contributed by atoms with E-state index in [9.17, 15) is 4.21 Å². The summed E-state index contributed by atoms with van der Waals surface area (Å²) in [5, 5.41) is 6.51. The Bertz CT molecular complexity index is 457. The number of hydrogen-bond donors (Lipinski definition) is 2. The second-order valence-electron chi connectivity index (χ2n) is 5.10. The van der Waals surface area contributed by atoms with Crippen molar-refractivity contribution in [1.82, 2.24) is 10.6 Å². The van der Waals surface area contributed by atoms with E-state index in [1.165, 1.54) is 12.8 Å². The van der Waals surface area contributed by atoms with Crippen molar-refractivity contribution < 1.29 is 4.21 Å². The van der Waals surface area contributed by atoms with Gasteiger partial charge in [-0.3, -0.25) is 9.20 Å². The van der Waals surface area contributed by atoms with E-state index in [2.05, 4.69) is 15.6 Å². The van der Waals surface area contributed by atoms with E-state index in [-0.39, 0.29) is 0 Å². The normalized spacial score (nSPS) is 16.8. The molecule has 0 radical (unpaired) electrons. The fourth-order valence-corrected chi connectivity index (χ4v) is 2.94. The zero-order valence-corrected chi connectivity index (χ0v) is 12.8. The third kappa shape index (κ3) is 5.74. The molecule has 0 spiro atoms. The Kier molecular flexibility index (Phi) is 6.05. The van der Waals surface area contributed by atoms with Gasteiger partial charge < -0.3 is 10.6 Å². The van der Waals surface area contributed by atoms with E-state index < -0.39 is 10.8 Å². The first-order valence-electron chi connectivity index (χ1n) is 7.11. The molecule has 1 saturated carbocycles. The Labute approximate surface area is 123 Å². The molecule has 1 aromatic carbocycles. The van der Waals surface area contributed by atoms with Gasteiger partial charge in [0.25, 0.3) is 0 Å². The van der Waals surface area contributed by atoms with Crippen molar-refractivity contribution in [3.8, 4) is 0 Å².